The molecule has 45 heavy (non-hydrogen) atoms. The normalized spacial score (nSPS) is 23.8. The van der Waals surface area contributed by atoms with Crippen LogP contribution in [0.25, 0.3) is 0 Å². The van der Waals surface area contributed by atoms with Crippen LogP contribution in [0, 0.1) is 11.8 Å². The van der Waals surface area contributed by atoms with Gasteiger partial charge < -0.3 is 31.3 Å². The molecule has 2 saturated heterocycles. The van der Waals surface area contributed by atoms with Crippen LogP contribution in [0.3, 0.4) is 0 Å². The van der Waals surface area contributed by atoms with Crippen LogP contribution in [0.15, 0.2) is 103 Å². The molecule has 2 bridgehead atoms. The number of benzene rings is 3. The summed E-state index contributed by atoms with van der Waals surface area (Å²) in [6.45, 7) is -0.484. The van der Waals surface area contributed by atoms with Gasteiger partial charge in [0.2, 0.25) is 23.3 Å². The Hall–Kier alpha value is -5.29. The summed E-state index contributed by atoms with van der Waals surface area (Å²) in [5.41, 5.74) is 3.66. The van der Waals surface area contributed by atoms with Crippen LogP contribution in [0.2, 0.25) is 0 Å². The monoisotopic (exact) mass is 607 g/mol. The van der Waals surface area contributed by atoms with E-state index in [9.17, 15) is 24.0 Å². The molecular weight excluding hydrogens is 574 g/mol. The topological polar surface area (TPSA) is 160 Å². The van der Waals surface area contributed by atoms with Gasteiger partial charge in [-0.1, -0.05) is 97.1 Å². The first-order valence-electron chi connectivity index (χ1n) is 14.7. The van der Waals surface area contributed by atoms with Crippen molar-refractivity contribution < 1.29 is 28.7 Å². The zero-order chi connectivity index (χ0) is 31.6. The van der Waals surface area contributed by atoms with Crippen molar-refractivity contribution in [3.8, 4) is 0 Å². The summed E-state index contributed by atoms with van der Waals surface area (Å²) >= 11 is 0. The van der Waals surface area contributed by atoms with Crippen LogP contribution in [0.5, 0.6) is 0 Å². The number of hydrogen-bond donors (Lipinski definition) is 4. The van der Waals surface area contributed by atoms with Crippen LogP contribution < -0.4 is 21.7 Å². The van der Waals surface area contributed by atoms with Crippen LogP contribution in [-0.4, -0.2) is 58.2 Å². The first-order chi connectivity index (χ1) is 21.8. The zero-order valence-corrected chi connectivity index (χ0v) is 24.3. The lowest BCUT2D eigenvalue weighted by molar-refractivity contribution is -0.163. The highest BCUT2D eigenvalue weighted by Gasteiger charge is 2.82. The largest absolute Gasteiger partial charge is 0.368 e. The standard InChI is InChI=1S/C34H33N5O6/c35-26(40)21-39-30(42)28-27(29(41)36-18-22-10-4-1-5-11-22)25-16-17-33(28,45-25)34(39,31(43)37-19-23-12-6-2-7-13-23)32(44)38-20-24-14-8-3-9-15-24/h1-17,25,27-28H,18-21H2,(H2,35,40)(H,36,41)(H,37,43)(H,38,44)/t25-,27-,28+,33+/m1/s1. The maximum atomic E-state index is 14.5. The lowest BCUT2D eigenvalue weighted by Crippen LogP contribution is -2.74. The van der Waals surface area contributed by atoms with Gasteiger partial charge in [0.15, 0.2) is 0 Å². The van der Waals surface area contributed by atoms with Gasteiger partial charge in [-0.15, -0.1) is 0 Å². The Morgan fingerprint density at radius 2 is 1.20 bits per heavy atom. The van der Waals surface area contributed by atoms with E-state index in [4.69, 9.17) is 10.5 Å². The van der Waals surface area contributed by atoms with Gasteiger partial charge in [0.05, 0.1) is 17.9 Å². The second kappa shape index (κ2) is 12.0. The van der Waals surface area contributed by atoms with Gasteiger partial charge in [0.1, 0.15) is 12.1 Å². The molecule has 3 aliphatic heterocycles. The van der Waals surface area contributed by atoms with E-state index in [-0.39, 0.29) is 19.6 Å². The Labute approximate surface area is 259 Å². The summed E-state index contributed by atoms with van der Waals surface area (Å²) in [6, 6.07) is 27.3. The Morgan fingerprint density at radius 1 is 0.733 bits per heavy atom. The van der Waals surface area contributed by atoms with Gasteiger partial charge in [0.25, 0.3) is 11.8 Å². The molecule has 0 unspecified atom stereocenters. The Bertz CT molecular complexity index is 1590. The van der Waals surface area contributed by atoms with Crippen molar-refractivity contribution in [2.45, 2.75) is 36.9 Å². The fraction of sp³-hybridized carbons (Fsp3) is 0.265. The third-order valence-electron chi connectivity index (χ3n) is 8.72. The minimum absolute atomic E-state index is 0.0286. The minimum Gasteiger partial charge on any atom is -0.368 e. The second-order valence-corrected chi connectivity index (χ2v) is 11.4. The first-order valence-corrected chi connectivity index (χ1v) is 14.7. The second-order valence-electron chi connectivity index (χ2n) is 11.4. The molecule has 0 aliphatic carbocycles. The quantitative estimate of drug-likeness (QED) is 0.188. The molecule has 11 nitrogen and oxygen atoms in total. The summed E-state index contributed by atoms with van der Waals surface area (Å²) in [5, 5.41) is 8.48. The van der Waals surface area contributed by atoms with Gasteiger partial charge in [0, 0.05) is 19.6 Å². The van der Waals surface area contributed by atoms with E-state index < -0.39 is 65.2 Å². The average molecular weight is 608 g/mol. The van der Waals surface area contributed by atoms with E-state index in [0.717, 1.165) is 21.6 Å². The van der Waals surface area contributed by atoms with Gasteiger partial charge in [-0.3, -0.25) is 24.0 Å². The number of primary amides is 1. The van der Waals surface area contributed by atoms with Crippen molar-refractivity contribution in [1.29, 1.82) is 0 Å². The van der Waals surface area contributed by atoms with E-state index in [1.54, 1.807) is 54.6 Å². The highest BCUT2D eigenvalue weighted by molar-refractivity contribution is 6.18. The van der Waals surface area contributed by atoms with Crippen molar-refractivity contribution in [2.24, 2.45) is 17.6 Å². The van der Waals surface area contributed by atoms with Gasteiger partial charge in [-0.25, -0.2) is 0 Å². The fourth-order valence-electron chi connectivity index (χ4n) is 6.75. The molecule has 4 atom stereocenters. The lowest BCUT2D eigenvalue weighted by Gasteiger charge is -2.42. The molecule has 3 aliphatic rings. The summed E-state index contributed by atoms with van der Waals surface area (Å²) in [6.07, 6.45) is 2.24. The zero-order valence-electron chi connectivity index (χ0n) is 24.3. The molecule has 3 heterocycles. The number of carbonyl (C=O) groups excluding carboxylic acids is 5. The molecule has 5 N–H and O–H groups in total. The van der Waals surface area contributed by atoms with Crippen molar-refractivity contribution in [3.63, 3.8) is 0 Å². The van der Waals surface area contributed by atoms with E-state index in [2.05, 4.69) is 16.0 Å². The molecule has 6 rings (SSSR count). The number of rotatable bonds is 11. The summed E-state index contributed by atoms with van der Waals surface area (Å²) < 4.78 is 6.41. The molecule has 0 radical (unpaired) electrons. The Morgan fingerprint density at radius 3 is 1.67 bits per heavy atom. The summed E-state index contributed by atoms with van der Waals surface area (Å²) in [5.74, 6) is -6.20. The number of likely N-dealkylation sites (tertiary alicyclic amines) is 1. The Kier molecular flexibility index (Phi) is 7.94. The first kappa shape index (κ1) is 29.8. The molecule has 230 valence electrons. The number of nitrogens with one attached hydrogen (secondary N) is 3. The third-order valence-corrected chi connectivity index (χ3v) is 8.72. The highest BCUT2D eigenvalue weighted by atomic mass is 16.5. The predicted octanol–water partition coefficient (Wildman–Crippen LogP) is 0.942. The van der Waals surface area contributed by atoms with E-state index in [0.29, 0.717) is 0 Å². The molecule has 3 aromatic rings. The summed E-state index contributed by atoms with van der Waals surface area (Å²) in [4.78, 5) is 70.4. The number of hydrogen-bond acceptors (Lipinski definition) is 6. The van der Waals surface area contributed by atoms with Crippen molar-refractivity contribution in [1.82, 2.24) is 20.9 Å². The molecular formula is C34H33N5O6. The van der Waals surface area contributed by atoms with Crippen LogP contribution in [-0.2, 0) is 48.3 Å². The van der Waals surface area contributed by atoms with Crippen molar-refractivity contribution >= 4 is 29.5 Å². The molecule has 0 aromatic heterocycles. The number of ether oxygens (including phenoxy) is 1. The molecule has 0 saturated carbocycles. The number of carbonyl (C=O) groups is 5. The molecule has 1 spiro atoms. The number of amides is 5. The number of nitrogens with two attached hydrogens (primary N) is 1. The fourth-order valence-corrected chi connectivity index (χ4v) is 6.75. The molecule has 5 amide bonds. The number of fused-ring (bicyclic) bond motifs is 1. The molecule has 11 heteroatoms. The van der Waals surface area contributed by atoms with E-state index in [1.165, 1.54) is 6.08 Å². The Balaban J connectivity index is 1.40. The van der Waals surface area contributed by atoms with Gasteiger partial charge in [-0.2, -0.15) is 0 Å². The van der Waals surface area contributed by atoms with Crippen molar-refractivity contribution in [3.05, 3.63) is 120 Å². The smallest absolute Gasteiger partial charge is 0.259 e. The minimum atomic E-state index is -2.40. The van der Waals surface area contributed by atoms with Crippen molar-refractivity contribution in [2.75, 3.05) is 6.54 Å². The van der Waals surface area contributed by atoms with Crippen LogP contribution in [0.4, 0.5) is 0 Å². The van der Waals surface area contributed by atoms with Gasteiger partial charge >= 0.3 is 0 Å². The summed E-state index contributed by atoms with van der Waals surface area (Å²) in [7, 11) is 0. The maximum Gasteiger partial charge on any atom is 0.259 e. The van der Waals surface area contributed by atoms with E-state index in [1.807, 2.05) is 42.5 Å². The highest BCUT2D eigenvalue weighted by Crippen LogP contribution is 2.59. The lowest BCUT2D eigenvalue weighted by atomic mass is 9.68. The average Bonchev–Trinajstić information content (AvgIpc) is 3.70. The molecule has 2 fully saturated rings. The van der Waals surface area contributed by atoms with Crippen LogP contribution >= 0.6 is 0 Å². The SMILES string of the molecule is NC(=O)CN1C(=O)[C@@H]2[C@H](C(=O)NCc3ccccc3)[C@H]3C=C[C@@]2(O3)C1(C(=O)NCc1ccccc1)C(=O)NCc1ccccc1. The van der Waals surface area contributed by atoms with Crippen LogP contribution in [0.1, 0.15) is 16.7 Å². The predicted molar refractivity (Wildman–Crippen MR) is 162 cm³/mol. The van der Waals surface area contributed by atoms with E-state index >= 15 is 0 Å². The third kappa shape index (κ3) is 5.04. The molecule has 3 aromatic carbocycles. The maximum absolute atomic E-state index is 14.5. The number of nitrogens with zero attached hydrogens (tertiary/aromatic N) is 1. The van der Waals surface area contributed by atoms with Gasteiger partial charge in [-0.05, 0) is 22.8 Å².